The molecule has 1 saturated heterocycles. The highest BCUT2D eigenvalue weighted by molar-refractivity contribution is 5.70. The Morgan fingerprint density at radius 2 is 2.50 bits per heavy atom. The van der Waals surface area contributed by atoms with Crippen LogP contribution in [0.5, 0.6) is 0 Å². The topological polar surface area (TPSA) is 49.8 Å². The molecular formula is C8H15NO3. The van der Waals surface area contributed by atoms with Gasteiger partial charge in [-0.1, -0.05) is 0 Å². The summed E-state index contributed by atoms with van der Waals surface area (Å²) in [7, 11) is 0. The first-order chi connectivity index (χ1) is 5.74. The molecule has 4 nitrogen and oxygen atoms in total. The van der Waals surface area contributed by atoms with Crippen LogP contribution in [0.4, 0.5) is 0 Å². The molecule has 1 unspecified atom stereocenters. The molecule has 0 radical (unpaired) electrons. The molecule has 1 N–H and O–H groups in total. The third-order valence-corrected chi connectivity index (χ3v) is 2.05. The van der Waals surface area contributed by atoms with Gasteiger partial charge in [-0.15, -0.1) is 0 Å². The fourth-order valence-corrected chi connectivity index (χ4v) is 1.44. The van der Waals surface area contributed by atoms with Gasteiger partial charge in [-0.2, -0.15) is 5.06 Å². The van der Waals surface area contributed by atoms with Gasteiger partial charge in [-0.05, 0) is 19.8 Å². The van der Waals surface area contributed by atoms with Crippen molar-refractivity contribution >= 4 is 5.97 Å². The Hall–Kier alpha value is -0.610. The summed E-state index contributed by atoms with van der Waals surface area (Å²) in [6.07, 6.45) is 2.15. The van der Waals surface area contributed by atoms with E-state index < -0.39 is 0 Å². The number of ether oxygens (including phenoxy) is 1. The standard InChI is InChI=1S/C8H15NO3/c1-2-12-8(10)6-7-4-3-5-9(7)11/h7,11H,2-6H2,1H3. The Bertz CT molecular complexity index is 160. The van der Waals surface area contributed by atoms with Crippen LogP contribution in [-0.2, 0) is 9.53 Å². The summed E-state index contributed by atoms with van der Waals surface area (Å²) in [5.41, 5.74) is 0. The quantitative estimate of drug-likeness (QED) is 0.641. The highest BCUT2D eigenvalue weighted by atomic mass is 16.5. The minimum absolute atomic E-state index is 0.0240. The number of rotatable bonds is 3. The number of hydroxylamine groups is 2. The van der Waals surface area contributed by atoms with Gasteiger partial charge in [0.2, 0.25) is 0 Å². The van der Waals surface area contributed by atoms with Crippen molar-refractivity contribution in [3.8, 4) is 0 Å². The third-order valence-electron chi connectivity index (χ3n) is 2.05. The Morgan fingerprint density at radius 3 is 3.00 bits per heavy atom. The summed E-state index contributed by atoms with van der Waals surface area (Å²) in [4.78, 5) is 11.0. The molecule has 70 valence electrons. The molecule has 0 aromatic carbocycles. The summed E-state index contributed by atoms with van der Waals surface area (Å²) >= 11 is 0. The van der Waals surface area contributed by atoms with Gasteiger partial charge >= 0.3 is 5.97 Å². The van der Waals surface area contributed by atoms with E-state index in [4.69, 9.17) is 4.74 Å². The second-order valence-corrected chi connectivity index (χ2v) is 2.97. The lowest BCUT2D eigenvalue weighted by Gasteiger charge is -2.15. The van der Waals surface area contributed by atoms with E-state index in [0.717, 1.165) is 12.8 Å². The highest BCUT2D eigenvalue weighted by Crippen LogP contribution is 2.17. The fraction of sp³-hybridized carbons (Fsp3) is 0.875. The number of hydrogen-bond acceptors (Lipinski definition) is 4. The number of nitrogens with zero attached hydrogens (tertiary/aromatic N) is 1. The van der Waals surface area contributed by atoms with Crippen LogP contribution in [0.25, 0.3) is 0 Å². The molecule has 0 spiro atoms. The van der Waals surface area contributed by atoms with E-state index in [2.05, 4.69) is 0 Å². The predicted molar refractivity (Wildman–Crippen MR) is 42.8 cm³/mol. The normalized spacial score (nSPS) is 24.3. The Kier molecular flexibility index (Phi) is 3.49. The van der Waals surface area contributed by atoms with Crippen molar-refractivity contribution in [2.24, 2.45) is 0 Å². The SMILES string of the molecule is CCOC(=O)CC1CCCN1O. The molecule has 1 aliphatic heterocycles. The Morgan fingerprint density at radius 1 is 1.75 bits per heavy atom. The van der Waals surface area contributed by atoms with Crippen molar-refractivity contribution < 1.29 is 14.7 Å². The molecule has 0 amide bonds. The number of hydrogen-bond donors (Lipinski definition) is 1. The molecule has 1 aliphatic rings. The molecule has 0 aliphatic carbocycles. The Labute approximate surface area is 72.1 Å². The van der Waals surface area contributed by atoms with Crippen LogP contribution in [0.15, 0.2) is 0 Å². The molecule has 0 aromatic heterocycles. The van der Waals surface area contributed by atoms with Crippen LogP contribution in [-0.4, -0.2) is 35.4 Å². The van der Waals surface area contributed by atoms with Crippen LogP contribution in [0, 0.1) is 0 Å². The van der Waals surface area contributed by atoms with Crippen molar-refractivity contribution in [2.45, 2.75) is 32.2 Å². The van der Waals surface area contributed by atoms with E-state index in [-0.39, 0.29) is 12.0 Å². The van der Waals surface area contributed by atoms with Crippen LogP contribution in [0.2, 0.25) is 0 Å². The molecule has 12 heavy (non-hydrogen) atoms. The highest BCUT2D eigenvalue weighted by Gasteiger charge is 2.25. The molecule has 4 heteroatoms. The van der Waals surface area contributed by atoms with E-state index >= 15 is 0 Å². The first kappa shape index (κ1) is 9.48. The molecule has 1 heterocycles. The van der Waals surface area contributed by atoms with E-state index in [0.29, 0.717) is 19.6 Å². The number of carbonyl (C=O) groups is 1. The average Bonchev–Trinajstić information content (AvgIpc) is 2.37. The average molecular weight is 173 g/mol. The van der Waals surface area contributed by atoms with Gasteiger partial charge in [-0.25, -0.2) is 0 Å². The first-order valence-corrected chi connectivity index (χ1v) is 4.35. The predicted octanol–water partition coefficient (Wildman–Crippen LogP) is 0.793. The lowest BCUT2D eigenvalue weighted by Crippen LogP contribution is -2.28. The van der Waals surface area contributed by atoms with Crippen molar-refractivity contribution in [1.29, 1.82) is 0 Å². The van der Waals surface area contributed by atoms with E-state index in [1.54, 1.807) is 6.92 Å². The van der Waals surface area contributed by atoms with Gasteiger partial charge in [0.15, 0.2) is 0 Å². The smallest absolute Gasteiger partial charge is 0.307 e. The van der Waals surface area contributed by atoms with Gasteiger partial charge in [0.25, 0.3) is 0 Å². The maximum Gasteiger partial charge on any atom is 0.307 e. The van der Waals surface area contributed by atoms with Crippen molar-refractivity contribution in [1.82, 2.24) is 5.06 Å². The van der Waals surface area contributed by atoms with Gasteiger partial charge in [0.1, 0.15) is 0 Å². The summed E-state index contributed by atoms with van der Waals surface area (Å²) in [5, 5.41) is 10.5. The van der Waals surface area contributed by atoms with Crippen LogP contribution < -0.4 is 0 Å². The van der Waals surface area contributed by atoms with Crippen molar-refractivity contribution in [3.05, 3.63) is 0 Å². The minimum Gasteiger partial charge on any atom is -0.466 e. The molecule has 0 saturated carbocycles. The molecular weight excluding hydrogens is 158 g/mol. The zero-order valence-corrected chi connectivity index (χ0v) is 7.32. The fourth-order valence-electron chi connectivity index (χ4n) is 1.44. The van der Waals surface area contributed by atoms with Crippen molar-refractivity contribution in [2.75, 3.05) is 13.2 Å². The van der Waals surface area contributed by atoms with Crippen LogP contribution >= 0.6 is 0 Å². The second-order valence-electron chi connectivity index (χ2n) is 2.97. The van der Waals surface area contributed by atoms with E-state index in [1.165, 1.54) is 5.06 Å². The van der Waals surface area contributed by atoms with Gasteiger partial charge in [0, 0.05) is 12.6 Å². The zero-order valence-electron chi connectivity index (χ0n) is 7.32. The van der Waals surface area contributed by atoms with Gasteiger partial charge < -0.3 is 9.94 Å². The van der Waals surface area contributed by atoms with Gasteiger partial charge in [-0.3, -0.25) is 4.79 Å². The lowest BCUT2D eigenvalue weighted by atomic mass is 10.2. The molecule has 1 atom stereocenters. The zero-order chi connectivity index (χ0) is 8.97. The minimum atomic E-state index is -0.219. The molecule has 0 aromatic rings. The van der Waals surface area contributed by atoms with E-state index in [9.17, 15) is 10.0 Å². The van der Waals surface area contributed by atoms with Gasteiger partial charge in [0.05, 0.1) is 13.0 Å². The number of esters is 1. The maximum absolute atomic E-state index is 11.0. The molecule has 1 rings (SSSR count). The van der Waals surface area contributed by atoms with E-state index in [1.807, 2.05) is 0 Å². The number of carbonyl (C=O) groups excluding carboxylic acids is 1. The largest absolute Gasteiger partial charge is 0.466 e. The summed E-state index contributed by atoms with van der Waals surface area (Å²) in [6.45, 7) is 2.87. The lowest BCUT2D eigenvalue weighted by molar-refractivity contribution is -0.151. The Balaban J connectivity index is 2.25. The summed E-state index contributed by atoms with van der Waals surface area (Å²) in [5.74, 6) is -0.219. The van der Waals surface area contributed by atoms with Crippen LogP contribution in [0.3, 0.4) is 0 Å². The van der Waals surface area contributed by atoms with Crippen molar-refractivity contribution in [3.63, 3.8) is 0 Å². The maximum atomic E-state index is 11.0. The molecule has 0 bridgehead atoms. The third kappa shape index (κ3) is 2.46. The first-order valence-electron chi connectivity index (χ1n) is 4.35. The summed E-state index contributed by atoms with van der Waals surface area (Å²) < 4.78 is 4.78. The van der Waals surface area contributed by atoms with Crippen LogP contribution in [0.1, 0.15) is 26.2 Å². The monoisotopic (exact) mass is 173 g/mol. The second kappa shape index (κ2) is 4.42. The summed E-state index contributed by atoms with van der Waals surface area (Å²) in [6, 6.07) is -0.0240. The molecule has 1 fully saturated rings.